The number of likely N-dealkylation sites (tertiary alicyclic amines) is 1. The number of carbonyl (C=O) groups is 2. The maximum Gasteiger partial charge on any atom is 0.417 e. The molecule has 0 aliphatic carbocycles. The number of rotatable bonds is 6. The molecule has 2 N–H and O–H groups in total. The topological polar surface area (TPSA) is 90.4 Å². The fourth-order valence-corrected chi connectivity index (χ4v) is 5.32. The van der Waals surface area contributed by atoms with E-state index in [4.69, 9.17) is 11.0 Å². The number of benzene rings is 1. The smallest absolute Gasteiger partial charge is 0.370 e. The van der Waals surface area contributed by atoms with Crippen LogP contribution in [0, 0.1) is 35.0 Å². The summed E-state index contributed by atoms with van der Waals surface area (Å²) in [6, 6.07) is 5.24. The van der Waals surface area contributed by atoms with Gasteiger partial charge in [-0.3, -0.25) is 9.59 Å². The number of anilines is 1. The molecule has 2 atom stereocenters. The first-order valence-corrected chi connectivity index (χ1v) is 11.5. The Balaban J connectivity index is 1.75. The second-order valence-electron chi connectivity index (χ2n) is 9.09. The maximum atomic E-state index is 13.4. The average Bonchev–Trinajstić information content (AvgIpc) is 3.25. The third kappa shape index (κ3) is 5.26. The van der Waals surface area contributed by atoms with Crippen molar-refractivity contribution in [3.63, 3.8) is 0 Å². The number of carbonyl (C=O) groups excluding carboxylic acids is 2. The highest BCUT2D eigenvalue weighted by Gasteiger charge is 2.43. The lowest BCUT2D eigenvalue weighted by Gasteiger charge is -2.37. The minimum atomic E-state index is -4.64. The highest BCUT2D eigenvalue weighted by molar-refractivity contribution is 5.79. The van der Waals surface area contributed by atoms with Crippen molar-refractivity contribution in [2.24, 2.45) is 29.4 Å². The monoisotopic (exact) mass is 464 g/mol. The molecule has 2 amide bonds. The molecule has 0 bridgehead atoms. The Morgan fingerprint density at radius 3 is 2.33 bits per heavy atom. The minimum absolute atomic E-state index is 0.0288. The van der Waals surface area contributed by atoms with Gasteiger partial charge in [0, 0.05) is 37.8 Å². The molecule has 1 aromatic rings. The molecule has 0 radical (unpaired) electrons. The molecule has 180 valence electrons. The van der Waals surface area contributed by atoms with Crippen molar-refractivity contribution in [3.05, 3.63) is 29.3 Å². The SMILES string of the molecule is CCC(CC)C(=O)N1CCC([C@@H]2CN(c3ccc(C#N)c(C(F)(F)F)c3)C[C@H]2C(N)=O)CC1. The molecule has 0 spiro atoms. The van der Waals surface area contributed by atoms with Gasteiger partial charge in [-0.25, -0.2) is 0 Å². The second kappa shape index (κ2) is 10.0. The molecule has 0 saturated carbocycles. The Hall–Kier alpha value is -2.76. The van der Waals surface area contributed by atoms with E-state index in [1.54, 1.807) is 11.0 Å². The Morgan fingerprint density at radius 2 is 1.82 bits per heavy atom. The van der Waals surface area contributed by atoms with Crippen LogP contribution < -0.4 is 10.6 Å². The fourth-order valence-electron chi connectivity index (χ4n) is 5.32. The van der Waals surface area contributed by atoms with Gasteiger partial charge in [0.2, 0.25) is 11.8 Å². The Bertz CT molecular complexity index is 915. The van der Waals surface area contributed by atoms with Gasteiger partial charge in [-0.1, -0.05) is 13.8 Å². The van der Waals surface area contributed by atoms with Crippen molar-refractivity contribution in [2.75, 3.05) is 31.1 Å². The van der Waals surface area contributed by atoms with Crippen molar-refractivity contribution in [2.45, 2.75) is 45.7 Å². The van der Waals surface area contributed by atoms with Crippen molar-refractivity contribution in [1.82, 2.24) is 4.90 Å². The van der Waals surface area contributed by atoms with Crippen molar-refractivity contribution in [1.29, 1.82) is 5.26 Å². The van der Waals surface area contributed by atoms with Crippen LogP contribution in [0.25, 0.3) is 0 Å². The lowest BCUT2D eigenvalue weighted by atomic mass is 9.78. The summed E-state index contributed by atoms with van der Waals surface area (Å²) in [5.74, 6) is -0.642. The Kier molecular flexibility index (Phi) is 7.55. The zero-order valence-corrected chi connectivity index (χ0v) is 19.1. The molecule has 0 unspecified atom stereocenters. The van der Waals surface area contributed by atoms with E-state index < -0.39 is 29.1 Å². The van der Waals surface area contributed by atoms with Gasteiger partial charge < -0.3 is 15.5 Å². The largest absolute Gasteiger partial charge is 0.417 e. The fraction of sp³-hybridized carbons (Fsp3) is 0.625. The van der Waals surface area contributed by atoms with Crippen LogP contribution in [0.3, 0.4) is 0 Å². The molecule has 2 aliphatic rings. The summed E-state index contributed by atoms with van der Waals surface area (Å²) in [6.45, 7) is 5.93. The molecule has 2 saturated heterocycles. The summed E-state index contributed by atoms with van der Waals surface area (Å²) >= 11 is 0. The molecule has 1 aromatic carbocycles. The van der Waals surface area contributed by atoms with E-state index in [9.17, 15) is 22.8 Å². The average molecular weight is 465 g/mol. The van der Waals surface area contributed by atoms with Crippen LogP contribution in [0.5, 0.6) is 0 Å². The zero-order chi connectivity index (χ0) is 24.3. The first-order chi connectivity index (χ1) is 15.6. The van der Waals surface area contributed by atoms with Crippen molar-refractivity contribution in [3.8, 4) is 6.07 Å². The van der Waals surface area contributed by atoms with Crippen LogP contribution >= 0.6 is 0 Å². The number of nitriles is 1. The van der Waals surface area contributed by atoms with Crippen LogP contribution in [0.4, 0.5) is 18.9 Å². The first-order valence-electron chi connectivity index (χ1n) is 11.5. The van der Waals surface area contributed by atoms with Crippen LogP contribution in [-0.2, 0) is 15.8 Å². The minimum Gasteiger partial charge on any atom is -0.370 e. The maximum absolute atomic E-state index is 13.4. The van der Waals surface area contributed by atoms with Crippen molar-refractivity contribution < 1.29 is 22.8 Å². The summed E-state index contributed by atoms with van der Waals surface area (Å²) in [5.41, 5.74) is 4.60. The number of alkyl halides is 3. The third-order valence-electron chi connectivity index (χ3n) is 7.32. The molecule has 6 nitrogen and oxygen atoms in total. The molecule has 9 heteroatoms. The van der Waals surface area contributed by atoms with Gasteiger partial charge in [-0.2, -0.15) is 18.4 Å². The van der Waals surface area contributed by atoms with Crippen LogP contribution in [0.2, 0.25) is 0 Å². The van der Waals surface area contributed by atoms with Gasteiger partial charge in [0.1, 0.15) is 0 Å². The normalized spacial score (nSPS) is 22.0. The van der Waals surface area contributed by atoms with Crippen LogP contribution in [0.15, 0.2) is 18.2 Å². The molecule has 33 heavy (non-hydrogen) atoms. The zero-order valence-electron chi connectivity index (χ0n) is 19.1. The molecular weight excluding hydrogens is 433 g/mol. The lowest BCUT2D eigenvalue weighted by molar-refractivity contribution is -0.138. The number of hydrogen-bond donors (Lipinski definition) is 1. The summed E-state index contributed by atoms with van der Waals surface area (Å²) in [5, 5.41) is 9.04. The van der Waals surface area contributed by atoms with Gasteiger partial charge >= 0.3 is 6.18 Å². The number of nitrogens with zero attached hydrogens (tertiary/aromatic N) is 3. The quantitative estimate of drug-likeness (QED) is 0.694. The number of hydrogen-bond acceptors (Lipinski definition) is 4. The van der Waals surface area contributed by atoms with Gasteiger partial charge in [-0.05, 0) is 55.7 Å². The van der Waals surface area contributed by atoms with Gasteiger partial charge in [0.15, 0.2) is 0 Å². The number of primary amides is 1. The predicted molar refractivity (Wildman–Crippen MR) is 118 cm³/mol. The molecule has 2 aliphatic heterocycles. The van der Waals surface area contributed by atoms with E-state index in [0.29, 0.717) is 25.3 Å². The summed E-state index contributed by atoms with van der Waals surface area (Å²) in [6.07, 6.45) is -1.54. The molecule has 2 fully saturated rings. The predicted octanol–water partition coefficient (Wildman–Crippen LogP) is 3.79. The van der Waals surface area contributed by atoms with E-state index in [-0.39, 0.29) is 30.2 Å². The molecule has 0 aromatic heterocycles. The second-order valence-corrected chi connectivity index (χ2v) is 9.09. The molecular formula is C24H31F3N4O2. The third-order valence-corrected chi connectivity index (χ3v) is 7.32. The number of halogens is 3. The number of piperidine rings is 1. The lowest BCUT2D eigenvalue weighted by Crippen LogP contribution is -2.44. The van der Waals surface area contributed by atoms with Crippen LogP contribution in [-0.4, -0.2) is 42.9 Å². The van der Waals surface area contributed by atoms with Crippen molar-refractivity contribution >= 4 is 17.5 Å². The summed E-state index contributed by atoms with van der Waals surface area (Å²) in [7, 11) is 0. The standard InChI is InChI=1S/C24H31F3N4O2/c1-3-15(4-2)23(33)30-9-7-16(8-10-30)19-13-31(14-20(19)22(29)32)18-6-5-17(12-28)21(11-18)24(25,26)27/h5-6,11,15-16,19-20H,3-4,7-10,13-14H2,1-2H3,(H2,29,32)/t19-,20+/m0/s1. The summed E-state index contributed by atoms with van der Waals surface area (Å²) in [4.78, 5) is 28.6. The highest BCUT2D eigenvalue weighted by Crippen LogP contribution is 2.40. The Morgan fingerprint density at radius 1 is 1.18 bits per heavy atom. The van der Waals surface area contributed by atoms with Gasteiger partial charge in [-0.15, -0.1) is 0 Å². The van der Waals surface area contributed by atoms with Crippen LogP contribution in [0.1, 0.15) is 50.7 Å². The molecule has 2 heterocycles. The number of amides is 2. The van der Waals surface area contributed by atoms with Gasteiger partial charge in [0.05, 0.1) is 23.1 Å². The Labute approximate surface area is 192 Å². The van der Waals surface area contributed by atoms with E-state index in [0.717, 1.165) is 31.7 Å². The first kappa shape index (κ1) is 24.9. The van der Waals surface area contributed by atoms with E-state index in [2.05, 4.69) is 0 Å². The van der Waals surface area contributed by atoms with E-state index in [1.807, 2.05) is 18.7 Å². The van der Waals surface area contributed by atoms with E-state index >= 15 is 0 Å². The van der Waals surface area contributed by atoms with E-state index in [1.165, 1.54) is 12.1 Å². The molecule has 3 rings (SSSR count). The van der Waals surface area contributed by atoms with Gasteiger partial charge in [0.25, 0.3) is 0 Å². The number of nitrogens with two attached hydrogens (primary N) is 1. The summed E-state index contributed by atoms with van der Waals surface area (Å²) < 4.78 is 40.2. The highest BCUT2D eigenvalue weighted by atomic mass is 19.4.